The Hall–Kier alpha value is -0.620. The van der Waals surface area contributed by atoms with Gasteiger partial charge in [0, 0.05) is 11.8 Å². The summed E-state index contributed by atoms with van der Waals surface area (Å²) in [6, 6.07) is 1.20. The van der Waals surface area contributed by atoms with Crippen molar-refractivity contribution < 1.29 is 0 Å². The minimum absolute atomic E-state index is 0.580. The number of thioether (sulfide) groups is 1. The van der Waals surface area contributed by atoms with E-state index in [1.165, 1.54) is 32.1 Å². The Bertz CT molecular complexity index is 336. The maximum atomic E-state index is 4.08. The second kappa shape index (κ2) is 6.35. The zero-order valence-corrected chi connectivity index (χ0v) is 11.4. The third kappa shape index (κ3) is 3.96. The van der Waals surface area contributed by atoms with Gasteiger partial charge in [-0.05, 0) is 50.1 Å². The Labute approximate surface area is 107 Å². The topological polar surface area (TPSA) is 55.6 Å². The van der Waals surface area contributed by atoms with Gasteiger partial charge in [-0.3, -0.25) is 0 Å². The third-order valence-corrected chi connectivity index (χ3v) is 4.13. The summed E-state index contributed by atoms with van der Waals surface area (Å²) >= 11 is 1.79. The Balaban J connectivity index is 1.63. The second-order valence-corrected chi connectivity index (χ2v) is 5.73. The SMILES string of the molecule is CNC(C)CCCCSc1nnnn1C1CC1. The molecule has 1 heterocycles. The molecule has 1 N–H and O–H groups in total. The van der Waals surface area contributed by atoms with Crippen molar-refractivity contribution in [1.29, 1.82) is 0 Å². The first-order chi connectivity index (χ1) is 8.31. The van der Waals surface area contributed by atoms with E-state index < -0.39 is 0 Å². The lowest BCUT2D eigenvalue weighted by molar-refractivity contribution is 0.538. The lowest BCUT2D eigenvalue weighted by atomic mass is 10.1. The van der Waals surface area contributed by atoms with Gasteiger partial charge in [-0.1, -0.05) is 18.2 Å². The highest BCUT2D eigenvalue weighted by Crippen LogP contribution is 2.36. The minimum atomic E-state index is 0.580. The molecule has 5 nitrogen and oxygen atoms in total. The molecule has 1 aromatic rings. The molecule has 0 saturated heterocycles. The third-order valence-electron chi connectivity index (χ3n) is 3.11. The molecule has 0 aliphatic heterocycles. The van der Waals surface area contributed by atoms with Gasteiger partial charge in [0.05, 0.1) is 6.04 Å². The lowest BCUT2D eigenvalue weighted by Crippen LogP contribution is -2.20. The van der Waals surface area contributed by atoms with E-state index in [0.29, 0.717) is 12.1 Å². The molecule has 1 atom stereocenters. The Morgan fingerprint density at radius 2 is 2.29 bits per heavy atom. The van der Waals surface area contributed by atoms with Gasteiger partial charge in [-0.25, -0.2) is 4.68 Å². The molecule has 96 valence electrons. The highest BCUT2D eigenvalue weighted by atomic mass is 32.2. The van der Waals surface area contributed by atoms with Gasteiger partial charge < -0.3 is 5.32 Å². The summed E-state index contributed by atoms with van der Waals surface area (Å²) in [5.41, 5.74) is 0. The van der Waals surface area contributed by atoms with Crippen LogP contribution in [0.4, 0.5) is 0 Å². The molecule has 0 bridgehead atoms. The number of nitrogens with zero attached hydrogens (tertiary/aromatic N) is 4. The normalized spacial score (nSPS) is 17.3. The predicted octanol–water partition coefficient (Wildman–Crippen LogP) is 1.88. The highest BCUT2D eigenvalue weighted by Gasteiger charge is 2.27. The van der Waals surface area contributed by atoms with E-state index in [9.17, 15) is 0 Å². The fraction of sp³-hybridized carbons (Fsp3) is 0.909. The number of tetrazole rings is 1. The van der Waals surface area contributed by atoms with Gasteiger partial charge in [-0.2, -0.15) is 0 Å². The van der Waals surface area contributed by atoms with Gasteiger partial charge >= 0.3 is 0 Å². The van der Waals surface area contributed by atoms with E-state index in [1.54, 1.807) is 11.8 Å². The summed E-state index contributed by atoms with van der Waals surface area (Å²) in [5, 5.41) is 16.1. The summed E-state index contributed by atoms with van der Waals surface area (Å²) in [7, 11) is 2.02. The average Bonchev–Trinajstić information content (AvgIpc) is 3.08. The van der Waals surface area contributed by atoms with E-state index in [1.807, 2.05) is 11.7 Å². The van der Waals surface area contributed by atoms with Crippen LogP contribution in [0.5, 0.6) is 0 Å². The summed E-state index contributed by atoms with van der Waals surface area (Å²) in [6.45, 7) is 2.22. The minimum Gasteiger partial charge on any atom is -0.317 e. The molecule has 0 aromatic carbocycles. The largest absolute Gasteiger partial charge is 0.317 e. The fourth-order valence-electron chi connectivity index (χ4n) is 1.69. The van der Waals surface area contributed by atoms with Crippen LogP contribution < -0.4 is 5.32 Å². The molecule has 6 heteroatoms. The van der Waals surface area contributed by atoms with Gasteiger partial charge in [0.1, 0.15) is 0 Å². The maximum Gasteiger partial charge on any atom is 0.209 e. The van der Waals surface area contributed by atoms with Gasteiger partial charge in [0.15, 0.2) is 0 Å². The van der Waals surface area contributed by atoms with Crippen LogP contribution in [0.3, 0.4) is 0 Å². The molecule has 1 saturated carbocycles. The first-order valence-corrected chi connectivity index (χ1v) is 7.37. The molecule has 0 amide bonds. The number of nitrogens with one attached hydrogen (secondary N) is 1. The number of aromatic nitrogens is 4. The molecule has 1 aromatic heterocycles. The number of unbranched alkanes of at least 4 members (excludes halogenated alkanes) is 1. The molecule has 1 aliphatic rings. The standard InChI is InChI=1S/C11H21N5S/c1-9(12-2)5-3-4-8-17-11-13-14-15-16(11)10-6-7-10/h9-10,12H,3-8H2,1-2H3. The van der Waals surface area contributed by atoms with Crippen molar-refractivity contribution >= 4 is 11.8 Å². The molecule has 0 spiro atoms. The summed E-state index contributed by atoms with van der Waals surface area (Å²) in [5.74, 6) is 1.11. The molecule has 1 unspecified atom stereocenters. The van der Waals surface area contributed by atoms with E-state index >= 15 is 0 Å². The number of hydrogen-bond donors (Lipinski definition) is 1. The number of hydrogen-bond acceptors (Lipinski definition) is 5. The Morgan fingerprint density at radius 1 is 1.47 bits per heavy atom. The van der Waals surface area contributed by atoms with Crippen LogP contribution in [0.1, 0.15) is 45.1 Å². The maximum absolute atomic E-state index is 4.08. The number of rotatable bonds is 8. The Morgan fingerprint density at radius 3 is 3.00 bits per heavy atom. The summed E-state index contributed by atoms with van der Waals surface area (Å²) in [6.07, 6.45) is 6.20. The molecule has 17 heavy (non-hydrogen) atoms. The van der Waals surface area contributed by atoms with Crippen molar-refractivity contribution in [3.63, 3.8) is 0 Å². The molecule has 0 radical (unpaired) electrons. The van der Waals surface area contributed by atoms with Gasteiger partial charge in [-0.15, -0.1) is 5.10 Å². The van der Waals surface area contributed by atoms with Crippen molar-refractivity contribution in [3.8, 4) is 0 Å². The summed E-state index contributed by atoms with van der Waals surface area (Å²) < 4.78 is 1.99. The first kappa shape index (κ1) is 12.8. The van der Waals surface area contributed by atoms with Crippen LogP contribution in [0.15, 0.2) is 5.16 Å². The van der Waals surface area contributed by atoms with Crippen LogP contribution in [0.2, 0.25) is 0 Å². The second-order valence-electron chi connectivity index (χ2n) is 4.67. The molecule has 1 fully saturated rings. The van der Waals surface area contributed by atoms with Crippen LogP contribution in [0.25, 0.3) is 0 Å². The molecule has 2 rings (SSSR count). The van der Waals surface area contributed by atoms with Crippen molar-refractivity contribution in [2.75, 3.05) is 12.8 Å². The smallest absolute Gasteiger partial charge is 0.209 e. The zero-order chi connectivity index (χ0) is 12.1. The van der Waals surface area contributed by atoms with Gasteiger partial charge in [0.2, 0.25) is 5.16 Å². The van der Waals surface area contributed by atoms with E-state index in [4.69, 9.17) is 0 Å². The van der Waals surface area contributed by atoms with Crippen molar-refractivity contribution in [1.82, 2.24) is 25.5 Å². The average molecular weight is 255 g/mol. The molecule has 1 aliphatic carbocycles. The van der Waals surface area contributed by atoms with E-state index in [2.05, 4.69) is 27.8 Å². The monoisotopic (exact) mass is 255 g/mol. The quantitative estimate of drug-likeness (QED) is 0.568. The first-order valence-electron chi connectivity index (χ1n) is 6.39. The van der Waals surface area contributed by atoms with E-state index in [0.717, 1.165) is 10.9 Å². The Kier molecular flexibility index (Phi) is 4.79. The predicted molar refractivity (Wildman–Crippen MR) is 69.2 cm³/mol. The molecular weight excluding hydrogens is 234 g/mol. The lowest BCUT2D eigenvalue weighted by Gasteiger charge is -2.08. The van der Waals surface area contributed by atoms with Crippen molar-refractivity contribution in [3.05, 3.63) is 0 Å². The zero-order valence-electron chi connectivity index (χ0n) is 10.6. The summed E-state index contributed by atoms with van der Waals surface area (Å²) in [4.78, 5) is 0. The molecular formula is C11H21N5S. The van der Waals surface area contributed by atoms with Crippen molar-refractivity contribution in [2.45, 2.75) is 56.3 Å². The fourth-order valence-corrected chi connectivity index (χ4v) is 2.63. The van der Waals surface area contributed by atoms with Gasteiger partial charge in [0.25, 0.3) is 0 Å². The van der Waals surface area contributed by atoms with Crippen LogP contribution in [0, 0.1) is 0 Å². The van der Waals surface area contributed by atoms with E-state index in [-0.39, 0.29) is 0 Å². The van der Waals surface area contributed by atoms with Crippen molar-refractivity contribution in [2.24, 2.45) is 0 Å². The van der Waals surface area contributed by atoms with Crippen LogP contribution in [-0.2, 0) is 0 Å². The van der Waals surface area contributed by atoms with Crippen LogP contribution in [-0.4, -0.2) is 39.0 Å². The highest BCUT2D eigenvalue weighted by molar-refractivity contribution is 7.99. The van der Waals surface area contributed by atoms with Crippen LogP contribution >= 0.6 is 11.8 Å².